The fraction of sp³-hybridized carbons (Fsp3) is 0.182. The van der Waals surface area contributed by atoms with Gasteiger partial charge in [0.1, 0.15) is 17.5 Å². The normalized spacial score (nSPS) is 11.7. The first-order chi connectivity index (χ1) is 16.1. The molecule has 4 rings (SSSR count). The van der Waals surface area contributed by atoms with Gasteiger partial charge in [0.2, 0.25) is 0 Å². The Balaban J connectivity index is 1.47. The van der Waals surface area contributed by atoms with Crippen LogP contribution in [0.4, 0.5) is 17.6 Å². The van der Waals surface area contributed by atoms with Gasteiger partial charge in [0, 0.05) is 6.54 Å². The first kappa shape index (κ1) is 23.4. The summed E-state index contributed by atoms with van der Waals surface area (Å²) in [6.45, 7) is 0.210. The number of nitrogens with one attached hydrogen (secondary N) is 1. The van der Waals surface area contributed by atoms with Crippen molar-refractivity contribution >= 4 is 28.5 Å². The number of halogens is 5. The monoisotopic (exact) mass is 493 g/mol. The summed E-state index contributed by atoms with van der Waals surface area (Å²) in [6.07, 6.45) is -1.94. The summed E-state index contributed by atoms with van der Waals surface area (Å²) in [4.78, 5) is 29.2. The van der Waals surface area contributed by atoms with Crippen LogP contribution in [0.3, 0.4) is 0 Å². The summed E-state index contributed by atoms with van der Waals surface area (Å²) in [5.74, 6) is -1.06. The first-order valence-corrected chi connectivity index (χ1v) is 10.3. The standard InChI is InChI=1S/C22H16ClF4N5O2/c23-18-9-15(24)4-5-16(18)20(33)28-6-7-32-19-17(10-30-32)21(34)31(12-29-19)11-13-2-1-3-14(8-13)22(25,26)27/h1-5,8-10,12H,6-7,11H2,(H,28,33). The second-order valence-corrected chi connectivity index (χ2v) is 7.77. The third kappa shape index (κ3) is 4.93. The molecule has 34 heavy (non-hydrogen) atoms. The van der Waals surface area contributed by atoms with E-state index in [-0.39, 0.29) is 41.3 Å². The third-order valence-electron chi connectivity index (χ3n) is 5.01. The molecule has 0 saturated carbocycles. The lowest BCUT2D eigenvalue weighted by Gasteiger charge is -2.10. The summed E-state index contributed by atoms with van der Waals surface area (Å²) < 4.78 is 54.6. The molecule has 0 atom stereocenters. The van der Waals surface area contributed by atoms with E-state index >= 15 is 0 Å². The Bertz CT molecular complexity index is 1430. The molecule has 1 amide bonds. The number of hydrogen-bond acceptors (Lipinski definition) is 4. The molecule has 0 aliphatic rings. The molecule has 0 aliphatic heterocycles. The van der Waals surface area contributed by atoms with Crippen LogP contribution in [-0.2, 0) is 19.3 Å². The van der Waals surface area contributed by atoms with Gasteiger partial charge in [-0.1, -0.05) is 23.7 Å². The van der Waals surface area contributed by atoms with Crippen molar-refractivity contribution in [3.05, 3.63) is 92.9 Å². The molecule has 0 fully saturated rings. The van der Waals surface area contributed by atoms with Gasteiger partial charge in [-0.3, -0.25) is 14.2 Å². The highest BCUT2D eigenvalue weighted by molar-refractivity contribution is 6.33. The van der Waals surface area contributed by atoms with E-state index in [1.165, 1.54) is 40.0 Å². The van der Waals surface area contributed by atoms with E-state index in [2.05, 4.69) is 15.4 Å². The lowest BCUT2D eigenvalue weighted by Crippen LogP contribution is -2.28. The van der Waals surface area contributed by atoms with Crippen LogP contribution in [0.25, 0.3) is 11.0 Å². The number of amides is 1. The molecule has 0 saturated heterocycles. The molecule has 2 aromatic heterocycles. The summed E-state index contributed by atoms with van der Waals surface area (Å²) >= 11 is 5.88. The fourth-order valence-corrected chi connectivity index (χ4v) is 3.61. The van der Waals surface area contributed by atoms with E-state index in [0.29, 0.717) is 5.56 Å². The summed E-state index contributed by atoms with van der Waals surface area (Å²) in [5.41, 5.74) is -0.587. The maximum atomic E-state index is 13.1. The van der Waals surface area contributed by atoms with Crippen LogP contribution in [-0.4, -0.2) is 31.8 Å². The first-order valence-electron chi connectivity index (χ1n) is 9.94. The average Bonchev–Trinajstić information content (AvgIpc) is 3.19. The Kier molecular flexibility index (Phi) is 6.38. The number of rotatable bonds is 6. The smallest absolute Gasteiger partial charge is 0.350 e. The van der Waals surface area contributed by atoms with E-state index in [4.69, 9.17) is 11.6 Å². The molecule has 176 valence electrons. The van der Waals surface area contributed by atoms with E-state index in [0.717, 1.165) is 24.3 Å². The number of fused-ring (bicyclic) bond motifs is 1. The summed E-state index contributed by atoms with van der Waals surface area (Å²) in [5, 5.41) is 6.90. The van der Waals surface area contributed by atoms with Crippen LogP contribution in [0.5, 0.6) is 0 Å². The molecule has 12 heteroatoms. The Hall–Kier alpha value is -3.73. The Morgan fingerprint density at radius 2 is 1.94 bits per heavy atom. The van der Waals surface area contributed by atoms with E-state index < -0.39 is 29.0 Å². The number of carbonyl (C=O) groups excluding carboxylic acids is 1. The number of alkyl halides is 3. The van der Waals surface area contributed by atoms with Crippen molar-refractivity contribution in [2.45, 2.75) is 19.3 Å². The van der Waals surface area contributed by atoms with Gasteiger partial charge in [-0.15, -0.1) is 0 Å². The molecule has 2 heterocycles. The average molecular weight is 494 g/mol. The van der Waals surface area contributed by atoms with Gasteiger partial charge >= 0.3 is 6.18 Å². The zero-order chi connectivity index (χ0) is 24.5. The number of carbonyl (C=O) groups is 1. The molecule has 0 aliphatic carbocycles. The molecular formula is C22H16ClF4N5O2. The highest BCUT2D eigenvalue weighted by Gasteiger charge is 2.30. The predicted molar refractivity (Wildman–Crippen MR) is 116 cm³/mol. The van der Waals surface area contributed by atoms with Crippen LogP contribution in [0.2, 0.25) is 5.02 Å². The van der Waals surface area contributed by atoms with Gasteiger partial charge < -0.3 is 5.32 Å². The van der Waals surface area contributed by atoms with Crippen molar-refractivity contribution in [3.8, 4) is 0 Å². The highest BCUT2D eigenvalue weighted by atomic mass is 35.5. The second kappa shape index (κ2) is 9.26. The van der Waals surface area contributed by atoms with E-state index in [1.807, 2.05) is 0 Å². The van der Waals surface area contributed by atoms with Crippen molar-refractivity contribution in [2.75, 3.05) is 6.54 Å². The van der Waals surface area contributed by atoms with Crippen molar-refractivity contribution in [1.29, 1.82) is 0 Å². The Morgan fingerprint density at radius 3 is 2.68 bits per heavy atom. The molecule has 1 N–H and O–H groups in total. The van der Waals surface area contributed by atoms with Crippen molar-refractivity contribution in [1.82, 2.24) is 24.6 Å². The summed E-state index contributed by atoms with van der Waals surface area (Å²) in [7, 11) is 0. The summed E-state index contributed by atoms with van der Waals surface area (Å²) in [6, 6.07) is 8.13. The van der Waals surface area contributed by atoms with Crippen LogP contribution >= 0.6 is 11.6 Å². The number of hydrogen-bond donors (Lipinski definition) is 1. The molecule has 0 radical (unpaired) electrons. The van der Waals surface area contributed by atoms with Crippen molar-refractivity contribution in [3.63, 3.8) is 0 Å². The number of nitrogens with zero attached hydrogens (tertiary/aromatic N) is 4. The van der Waals surface area contributed by atoms with Gasteiger partial charge in [-0.25, -0.2) is 14.1 Å². The maximum absolute atomic E-state index is 13.1. The number of benzene rings is 2. The maximum Gasteiger partial charge on any atom is 0.416 e. The van der Waals surface area contributed by atoms with Gasteiger partial charge in [0.05, 0.1) is 35.4 Å². The zero-order valence-electron chi connectivity index (χ0n) is 17.3. The van der Waals surface area contributed by atoms with Gasteiger partial charge in [0.15, 0.2) is 5.65 Å². The molecule has 7 nitrogen and oxygen atoms in total. The minimum atomic E-state index is -4.48. The predicted octanol–water partition coefficient (Wildman–Crippen LogP) is 3.88. The molecule has 0 bridgehead atoms. The minimum absolute atomic E-state index is 0.0231. The van der Waals surface area contributed by atoms with Crippen molar-refractivity contribution < 1.29 is 22.4 Å². The highest BCUT2D eigenvalue weighted by Crippen LogP contribution is 2.29. The van der Waals surface area contributed by atoms with Gasteiger partial charge in [-0.05, 0) is 35.9 Å². The topological polar surface area (TPSA) is 81.8 Å². The molecule has 2 aromatic carbocycles. The van der Waals surface area contributed by atoms with Crippen molar-refractivity contribution in [2.24, 2.45) is 0 Å². The van der Waals surface area contributed by atoms with Gasteiger partial charge in [0.25, 0.3) is 11.5 Å². The molecule has 4 aromatic rings. The van der Waals surface area contributed by atoms with Crippen LogP contribution < -0.4 is 10.9 Å². The number of aromatic nitrogens is 4. The van der Waals surface area contributed by atoms with Crippen LogP contribution in [0, 0.1) is 5.82 Å². The van der Waals surface area contributed by atoms with Gasteiger partial charge in [-0.2, -0.15) is 18.3 Å². The quantitative estimate of drug-likeness (QED) is 0.413. The largest absolute Gasteiger partial charge is 0.416 e. The zero-order valence-corrected chi connectivity index (χ0v) is 18.1. The lowest BCUT2D eigenvalue weighted by molar-refractivity contribution is -0.137. The van der Waals surface area contributed by atoms with E-state index in [9.17, 15) is 27.2 Å². The molecular weight excluding hydrogens is 478 g/mol. The fourth-order valence-electron chi connectivity index (χ4n) is 3.36. The molecule has 0 unspecified atom stereocenters. The second-order valence-electron chi connectivity index (χ2n) is 7.36. The van der Waals surface area contributed by atoms with Crippen LogP contribution in [0.1, 0.15) is 21.5 Å². The minimum Gasteiger partial charge on any atom is -0.350 e. The van der Waals surface area contributed by atoms with Crippen LogP contribution in [0.15, 0.2) is 59.8 Å². The third-order valence-corrected chi connectivity index (χ3v) is 5.33. The SMILES string of the molecule is O=C(NCCn1ncc2c(=O)n(Cc3cccc(C(F)(F)F)c3)cnc21)c1ccc(F)cc1Cl. The van der Waals surface area contributed by atoms with E-state index in [1.54, 1.807) is 0 Å². The Morgan fingerprint density at radius 1 is 1.15 bits per heavy atom. The Labute approximate surface area is 194 Å². The lowest BCUT2D eigenvalue weighted by atomic mass is 10.1. The molecule has 0 spiro atoms.